The first-order chi connectivity index (χ1) is 16.5. The average molecular weight is 468 g/mol. The maximum atomic E-state index is 13.0. The molecule has 4 fully saturated rings. The van der Waals surface area contributed by atoms with Crippen molar-refractivity contribution in [2.45, 2.75) is 76.1 Å². The first-order valence-corrected chi connectivity index (χ1v) is 12.8. The fourth-order valence-corrected chi connectivity index (χ4v) is 6.73. The fourth-order valence-electron chi connectivity index (χ4n) is 6.73. The smallest absolute Gasteiger partial charge is 0.255 e. The van der Waals surface area contributed by atoms with Gasteiger partial charge in [0.15, 0.2) is 0 Å². The molecule has 0 aromatic heterocycles. The third kappa shape index (κ3) is 3.90. The zero-order valence-corrected chi connectivity index (χ0v) is 19.6. The molecule has 8 nitrogen and oxygen atoms in total. The van der Waals surface area contributed by atoms with Crippen LogP contribution < -0.4 is 10.1 Å². The normalized spacial score (nSPS) is 31.2. The highest BCUT2D eigenvalue weighted by Crippen LogP contribution is 2.43. The van der Waals surface area contributed by atoms with Crippen LogP contribution in [0.25, 0.3) is 0 Å². The molecule has 3 amide bonds. The molecule has 3 saturated heterocycles. The summed E-state index contributed by atoms with van der Waals surface area (Å²) < 4.78 is 12.1. The van der Waals surface area contributed by atoms with Gasteiger partial charge in [0, 0.05) is 44.3 Å². The molecular formula is C26H33N3O5. The lowest BCUT2D eigenvalue weighted by Gasteiger charge is -2.35. The number of imide groups is 1. The Labute approximate surface area is 199 Å². The lowest BCUT2D eigenvalue weighted by Crippen LogP contribution is -2.52. The summed E-state index contributed by atoms with van der Waals surface area (Å²) in [6.07, 6.45) is 7.80. The van der Waals surface area contributed by atoms with Gasteiger partial charge in [-0.05, 0) is 80.7 Å². The Hall–Kier alpha value is -2.45. The summed E-state index contributed by atoms with van der Waals surface area (Å²) in [6, 6.07) is 5.55. The molecule has 1 N–H and O–H groups in total. The van der Waals surface area contributed by atoms with Gasteiger partial charge >= 0.3 is 0 Å². The number of fused-ring (bicyclic) bond motifs is 1. The maximum Gasteiger partial charge on any atom is 0.255 e. The molecule has 4 aliphatic heterocycles. The monoisotopic (exact) mass is 467 g/mol. The van der Waals surface area contributed by atoms with Gasteiger partial charge in [-0.3, -0.25) is 24.6 Å². The van der Waals surface area contributed by atoms with Crippen LogP contribution in [0.15, 0.2) is 18.2 Å². The number of ether oxygens (including phenoxy) is 2. The lowest BCUT2D eigenvalue weighted by atomic mass is 9.79. The van der Waals surface area contributed by atoms with Crippen molar-refractivity contribution in [2.75, 3.05) is 26.3 Å². The summed E-state index contributed by atoms with van der Waals surface area (Å²) >= 11 is 0. The Kier molecular flexibility index (Phi) is 5.60. The van der Waals surface area contributed by atoms with E-state index in [1.807, 2.05) is 18.2 Å². The molecule has 0 radical (unpaired) electrons. The number of rotatable bonds is 4. The van der Waals surface area contributed by atoms with Crippen LogP contribution in [0.4, 0.5) is 0 Å². The molecule has 4 heterocycles. The molecule has 1 aliphatic carbocycles. The zero-order valence-electron chi connectivity index (χ0n) is 19.6. The second-order valence-electron chi connectivity index (χ2n) is 10.7. The van der Waals surface area contributed by atoms with Crippen LogP contribution in [0.5, 0.6) is 5.75 Å². The molecule has 1 aromatic rings. The SMILES string of the molecule is O=C1CCC(N2Cc3cc(O[C@H]4CCC[C@@H]4N4CCC5(CCOCC5)C4)ccc3C2=O)C(=O)N1. The van der Waals surface area contributed by atoms with E-state index in [0.29, 0.717) is 30.0 Å². The molecule has 1 unspecified atom stereocenters. The number of carbonyl (C=O) groups excluding carboxylic acids is 3. The second-order valence-corrected chi connectivity index (χ2v) is 10.7. The van der Waals surface area contributed by atoms with E-state index in [4.69, 9.17) is 9.47 Å². The quantitative estimate of drug-likeness (QED) is 0.684. The van der Waals surface area contributed by atoms with Gasteiger partial charge in [-0.25, -0.2) is 0 Å². The highest BCUT2D eigenvalue weighted by atomic mass is 16.5. The summed E-state index contributed by atoms with van der Waals surface area (Å²) in [5.41, 5.74) is 1.95. The van der Waals surface area contributed by atoms with Crippen molar-refractivity contribution in [1.29, 1.82) is 0 Å². The van der Waals surface area contributed by atoms with Crippen molar-refractivity contribution in [3.8, 4) is 5.75 Å². The summed E-state index contributed by atoms with van der Waals surface area (Å²) in [6.45, 7) is 4.46. The van der Waals surface area contributed by atoms with Gasteiger partial charge in [-0.2, -0.15) is 0 Å². The Morgan fingerprint density at radius 2 is 1.91 bits per heavy atom. The minimum atomic E-state index is -0.589. The van der Waals surface area contributed by atoms with Crippen LogP contribution in [0.1, 0.15) is 67.3 Å². The minimum absolute atomic E-state index is 0.145. The third-order valence-electron chi connectivity index (χ3n) is 8.69. The summed E-state index contributed by atoms with van der Waals surface area (Å²) in [7, 11) is 0. The van der Waals surface area contributed by atoms with Gasteiger partial charge in [0.05, 0.1) is 0 Å². The Morgan fingerprint density at radius 3 is 2.74 bits per heavy atom. The van der Waals surface area contributed by atoms with Crippen molar-refractivity contribution in [2.24, 2.45) is 5.41 Å². The molecule has 3 atom stereocenters. The Bertz CT molecular complexity index is 1000. The predicted molar refractivity (Wildman–Crippen MR) is 123 cm³/mol. The van der Waals surface area contributed by atoms with Crippen LogP contribution in [-0.4, -0.2) is 72.0 Å². The van der Waals surface area contributed by atoms with E-state index < -0.39 is 6.04 Å². The highest BCUT2D eigenvalue weighted by molar-refractivity contribution is 6.05. The van der Waals surface area contributed by atoms with Crippen molar-refractivity contribution in [3.05, 3.63) is 29.3 Å². The summed E-state index contributed by atoms with van der Waals surface area (Å²) in [5, 5.41) is 2.36. The summed E-state index contributed by atoms with van der Waals surface area (Å²) in [4.78, 5) is 41.0. The van der Waals surface area contributed by atoms with Crippen LogP contribution in [-0.2, 0) is 20.9 Å². The lowest BCUT2D eigenvalue weighted by molar-refractivity contribution is -0.136. The van der Waals surface area contributed by atoms with Gasteiger partial charge in [0.25, 0.3) is 5.91 Å². The number of hydrogen-bond donors (Lipinski definition) is 1. The van der Waals surface area contributed by atoms with Crippen molar-refractivity contribution >= 4 is 17.7 Å². The number of amides is 3. The van der Waals surface area contributed by atoms with Crippen molar-refractivity contribution in [3.63, 3.8) is 0 Å². The topological polar surface area (TPSA) is 88.2 Å². The number of benzene rings is 1. The van der Waals surface area contributed by atoms with E-state index in [9.17, 15) is 14.4 Å². The van der Waals surface area contributed by atoms with Crippen LogP contribution >= 0.6 is 0 Å². The standard InChI is InChI=1S/C26H33N3O5/c30-23-7-6-21(24(31)27-23)29-15-17-14-18(4-5-19(17)25(29)32)34-22-3-1-2-20(22)28-11-8-26(16-28)9-12-33-13-10-26/h4-5,14,20-22H,1-3,6-13,15-16H2,(H,27,30,31)/t20-,21?,22-/m0/s1. The minimum Gasteiger partial charge on any atom is -0.489 e. The van der Waals surface area contributed by atoms with Gasteiger partial charge in [-0.1, -0.05) is 0 Å². The van der Waals surface area contributed by atoms with E-state index in [0.717, 1.165) is 44.0 Å². The molecule has 6 rings (SSSR count). The zero-order chi connectivity index (χ0) is 23.3. The van der Waals surface area contributed by atoms with E-state index >= 15 is 0 Å². The molecule has 5 aliphatic rings. The molecule has 182 valence electrons. The van der Waals surface area contributed by atoms with Gasteiger partial charge in [0.1, 0.15) is 17.9 Å². The van der Waals surface area contributed by atoms with Gasteiger partial charge < -0.3 is 14.4 Å². The van der Waals surface area contributed by atoms with Crippen molar-refractivity contribution in [1.82, 2.24) is 15.1 Å². The number of nitrogens with zero attached hydrogens (tertiary/aromatic N) is 2. The largest absolute Gasteiger partial charge is 0.489 e. The predicted octanol–water partition coefficient (Wildman–Crippen LogP) is 2.25. The summed E-state index contributed by atoms with van der Waals surface area (Å²) in [5.74, 6) is 0.00529. The first-order valence-electron chi connectivity index (χ1n) is 12.8. The molecule has 1 aromatic carbocycles. The molecule has 34 heavy (non-hydrogen) atoms. The number of nitrogens with one attached hydrogen (secondary N) is 1. The number of carbonyl (C=O) groups is 3. The average Bonchev–Trinajstić information content (AvgIpc) is 3.53. The van der Waals surface area contributed by atoms with E-state index in [1.54, 1.807) is 4.90 Å². The second kappa shape index (κ2) is 8.64. The molecule has 1 saturated carbocycles. The first kappa shape index (κ1) is 22.0. The molecule has 0 bridgehead atoms. The van der Waals surface area contributed by atoms with Crippen molar-refractivity contribution < 1.29 is 23.9 Å². The molecular weight excluding hydrogens is 434 g/mol. The Morgan fingerprint density at radius 1 is 1.06 bits per heavy atom. The van der Waals surface area contributed by atoms with E-state index in [1.165, 1.54) is 32.1 Å². The highest BCUT2D eigenvalue weighted by Gasteiger charge is 2.45. The van der Waals surface area contributed by atoms with E-state index in [-0.39, 0.29) is 30.2 Å². The van der Waals surface area contributed by atoms with Crippen LogP contribution in [0.3, 0.4) is 0 Å². The van der Waals surface area contributed by atoms with Gasteiger partial charge in [-0.15, -0.1) is 0 Å². The van der Waals surface area contributed by atoms with E-state index in [2.05, 4.69) is 10.2 Å². The molecule has 8 heteroatoms. The fraction of sp³-hybridized carbons (Fsp3) is 0.654. The number of hydrogen-bond acceptors (Lipinski definition) is 6. The number of likely N-dealkylation sites (tertiary alicyclic amines) is 1. The van der Waals surface area contributed by atoms with Gasteiger partial charge in [0.2, 0.25) is 11.8 Å². The number of piperidine rings is 1. The Balaban J connectivity index is 1.13. The molecule has 1 spiro atoms. The van der Waals surface area contributed by atoms with Crippen LogP contribution in [0.2, 0.25) is 0 Å². The van der Waals surface area contributed by atoms with Crippen LogP contribution in [0, 0.1) is 5.41 Å². The third-order valence-corrected chi connectivity index (χ3v) is 8.69. The maximum absolute atomic E-state index is 13.0.